The Bertz CT molecular complexity index is 613. The monoisotopic (exact) mass is 372 g/mol. The Morgan fingerprint density at radius 1 is 1.19 bits per heavy atom. The van der Waals surface area contributed by atoms with Crippen LogP contribution in [-0.2, 0) is 6.42 Å². The van der Waals surface area contributed by atoms with Crippen LogP contribution >= 0.6 is 27.5 Å². The maximum absolute atomic E-state index is 13.9. The van der Waals surface area contributed by atoms with E-state index in [0.717, 1.165) is 5.56 Å². The van der Waals surface area contributed by atoms with Gasteiger partial charge in [-0.25, -0.2) is 4.39 Å². The third kappa shape index (κ3) is 3.69. The molecule has 0 saturated carbocycles. The maximum atomic E-state index is 13.9. The SMILES string of the molecule is COc1ccc(C(Br)Cc2c(F)cccc2Cl)c(OC)c1. The molecule has 112 valence electrons. The van der Waals surface area contributed by atoms with Crippen molar-refractivity contribution in [1.82, 2.24) is 0 Å². The summed E-state index contributed by atoms with van der Waals surface area (Å²) in [6, 6.07) is 10.2. The molecule has 0 fully saturated rings. The highest BCUT2D eigenvalue weighted by Crippen LogP contribution is 2.37. The van der Waals surface area contributed by atoms with Gasteiger partial charge in [-0.2, -0.15) is 0 Å². The predicted molar refractivity (Wildman–Crippen MR) is 86.3 cm³/mol. The Labute approximate surface area is 137 Å². The summed E-state index contributed by atoms with van der Waals surface area (Å²) < 4.78 is 24.4. The molecule has 0 spiro atoms. The van der Waals surface area contributed by atoms with Gasteiger partial charge in [0.2, 0.25) is 0 Å². The molecule has 1 atom stereocenters. The Hall–Kier alpha value is -1.26. The van der Waals surface area contributed by atoms with E-state index in [4.69, 9.17) is 21.1 Å². The van der Waals surface area contributed by atoms with Gasteiger partial charge >= 0.3 is 0 Å². The van der Waals surface area contributed by atoms with E-state index in [1.165, 1.54) is 6.07 Å². The van der Waals surface area contributed by atoms with Crippen LogP contribution in [0, 0.1) is 5.82 Å². The molecular formula is C16H15BrClFO2. The standard InChI is InChI=1S/C16H15BrClFO2/c1-20-10-6-7-11(16(8-10)21-2)13(17)9-12-14(18)4-3-5-15(12)19/h3-8,13H,9H2,1-2H3. The van der Waals surface area contributed by atoms with Crippen LogP contribution in [0.3, 0.4) is 0 Å². The van der Waals surface area contributed by atoms with E-state index in [1.807, 2.05) is 12.1 Å². The zero-order valence-electron chi connectivity index (χ0n) is 11.7. The Balaban J connectivity index is 2.30. The second-order valence-corrected chi connectivity index (χ2v) is 5.99. The molecule has 0 aliphatic rings. The van der Waals surface area contributed by atoms with Crippen molar-refractivity contribution in [1.29, 1.82) is 0 Å². The molecule has 0 radical (unpaired) electrons. The van der Waals surface area contributed by atoms with Gasteiger partial charge in [-0.1, -0.05) is 39.7 Å². The smallest absolute Gasteiger partial charge is 0.127 e. The number of hydrogen-bond acceptors (Lipinski definition) is 2. The second kappa shape index (κ2) is 7.14. The van der Waals surface area contributed by atoms with Gasteiger partial charge in [0.15, 0.2) is 0 Å². The van der Waals surface area contributed by atoms with Crippen LogP contribution < -0.4 is 9.47 Å². The number of hydrogen-bond donors (Lipinski definition) is 0. The van der Waals surface area contributed by atoms with Gasteiger partial charge < -0.3 is 9.47 Å². The Morgan fingerprint density at radius 2 is 1.95 bits per heavy atom. The lowest BCUT2D eigenvalue weighted by Crippen LogP contribution is -2.02. The molecule has 0 amide bonds. The lowest BCUT2D eigenvalue weighted by Gasteiger charge is -2.16. The molecule has 0 aromatic heterocycles. The summed E-state index contributed by atoms with van der Waals surface area (Å²) in [5.74, 6) is 1.09. The number of alkyl halides is 1. The molecular weight excluding hydrogens is 359 g/mol. The number of benzene rings is 2. The summed E-state index contributed by atoms with van der Waals surface area (Å²) in [5, 5.41) is 0.423. The molecule has 5 heteroatoms. The molecule has 0 aliphatic carbocycles. The second-order valence-electron chi connectivity index (χ2n) is 4.48. The van der Waals surface area contributed by atoms with Crippen LogP contribution in [0.4, 0.5) is 4.39 Å². The highest BCUT2D eigenvalue weighted by Gasteiger charge is 2.18. The van der Waals surface area contributed by atoms with Crippen LogP contribution in [0.2, 0.25) is 5.02 Å². The van der Waals surface area contributed by atoms with Gasteiger partial charge in [0.1, 0.15) is 17.3 Å². The highest BCUT2D eigenvalue weighted by molar-refractivity contribution is 9.09. The number of rotatable bonds is 5. The topological polar surface area (TPSA) is 18.5 Å². The van der Waals surface area contributed by atoms with Crippen LogP contribution in [-0.4, -0.2) is 14.2 Å². The van der Waals surface area contributed by atoms with Crippen molar-refractivity contribution >= 4 is 27.5 Å². The van der Waals surface area contributed by atoms with Crippen molar-refractivity contribution < 1.29 is 13.9 Å². The summed E-state index contributed by atoms with van der Waals surface area (Å²) in [7, 11) is 3.19. The summed E-state index contributed by atoms with van der Waals surface area (Å²) in [5.41, 5.74) is 1.40. The first-order valence-corrected chi connectivity index (χ1v) is 7.65. The number of ether oxygens (including phenoxy) is 2. The first-order chi connectivity index (χ1) is 10.1. The van der Waals surface area contributed by atoms with E-state index in [0.29, 0.717) is 28.5 Å². The Morgan fingerprint density at radius 3 is 2.57 bits per heavy atom. The van der Waals surface area contributed by atoms with Crippen LogP contribution in [0.1, 0.15) is 16.0 Å². The average molecular weight is 374 g/mol. The van der Waals surface area contributed by atoms with Gasteiger partial charge in [0, 0.05) is 27.0 Å². The first-order valence-electron chi connectivity index (χ1n) is 6.35. The van der Waals surface area contributed by atoms with Crippen LogP contribution in [0.5, 0.6) is 11.5 Å². The van der Waals surface area contributed by atoms with Crippen molar-refractivity contribution in [3.05, 3.63) is 58.4 Å². The summed E-state index contributed by atoms with van der Waals surface area (Å²) in [6.45, 7) is 0. The fourth-order valence-electron chi connectivity index (χ4n) is 2.09. The summed E-state index contributed by atoms with van der Waals surface area (Å²) in [6.07, 6.45) is 0.425. The first kappa shape index (κ1) is 16.1. The quantitative estimate of drug-likeness (QED) is 0.673. The number of methoxy groups -OCH3 is 2. The van der Waals surface area contributed by atoms with Crippen molar-refractivity contribution in [3.63, 3.8) is 0 Å². The van der Waals surface area contributed by atoms with Crippen molar-refractivity contribution in [2.75, 3.05) is 14.2 Å². The zero-order chi connectivity index (χ0) is 15.4. The van der Waals surface area contributed by atoms with Crippen molar-refractivity contribution in [2.45, 2.75) is 11.2 Å². The fourth-order valence-corrected chi connectivity index (χ4v) is 3.04. The lowest BCUT2D eigenvalue weighted by atomic mass is 10.0. The molecule has 0 N–H and O–H groups in total. The fraction of sp³-hybridized carbons (Fsp3) is 0.250. The van der Waals surface area contributed by atoms with E-state index >= 15 is 0 Å². The highest BCUT2D eigenvalue weighted by atomic mass is 79.9. The van der Waals surface area contributed by atoms with Gasteiger partial charge in [0.05, 0.1) is 14.2 Å². The molecule has 2 rings (SSSR count). The van der Waals surface area contributed by atoms with Crippen LogP contribution in [0.15, 0.2) is 36.4 Å². The molecule has 1 unspecified atom stereocenters. The minimum Gasteiger partial charge on any atom is -0.497 e. The largest absolute Gasteiger partial charge is 0.497 e. The van der Waals surface area contributed by atoms with E-state index in [9.17, 15) is 4.39 Å². The maximum Gasteiger partial charge on any atom is 0.127 e. The molecule has 0 heterocycles. The van der Waals surface area contributed by atoms with E-state index < -0.39 is 0 Å². The lowest BCUT2D eigenvalue weighted by molar-refractivity contribution is 0.391. The normalized spacial score (nSPS) is 12.0. The van der Waals surface area contributed by atoms with Gasteiger partial charge in [-0.3, -0.25) is 0 Å². The van der Waals surface area contributed by atoms with E-state index in [2.05, 4.69) is 15.9 Å². The van der Waals surface area contributed by atoms with Gasteiger partial charge in [-0.05, 0) is 24.6 Å². The van der Waals surface area contributed by atoms with E-state index in [-0.39, 0.29) is 10.6 Å². The average Bonchev–Trinajstić information content (AvgIpc) is 2.50. The summed E-state index contributed by atoms with van der Waals surface area (Å²) >= 11 is 9.65. The molecule has 0 saturated heterocycles. The molecule has 0 aliphatic heterocycles. The van der Waals surface area contributed by atoms with Gasteiger partial charge in [0.25, 0.3) is 0 Å². The van der Waals surface area contributed by atoms with Crippen molar-refractivity contribution in [2.24, 2.45) is 0 Å². The zero-order valence-corrected chi connectivity index (χ0v) is 14.0. The van der Waals surface area contributed by atoms with E-state index in [1.54, 1.807) is 32.4 Å². The third-order valence-corrected chi connectivity index (χ3v) is 4.39. The van der Waals surface area contributed by atoms with Gasteiger partial charge in [-0.15, -0.1) is 0 Å². The number of halogens is 3. The molecule has 2 aromatic rings. The van der Waals surface area contributed by atoms with Crippen LogP contribution in [0.25, 0.3) is 0 Å². The molecule has 0 bridgehead atoms. The molecule has 2 aromatic carbocycles. The molecule has 21 heavy (non-hydrogen) atoms. The molecule has 2 nitrogen and oxygen atoms in total. The third-order valence-electron chi connectivity index (χ3n) is 3.22. The summed E-state index contributed by atoms with van der Waals surface area (Å²) in [4.78, 5) is -0.118. The predicted octanol–water partition coefficient (Wildman–Crippen LogP) is 5.18. The van der Waals surface area contributed by atoms with Crippen molar-refractivity contribution in [3.8, 4) is 11.5 Å². The Kier molecular flexibility index (Phi) is 5.48. The minimum absolute atomic E-state index is 0.118. The minimum atomic E-state index is -0.306.